The number of carbonyl (C=O) groups is 1. The molecule has 1 N–H and O–H groups in total. The van der Waals surface area contributed by atoms with Crippen molar-refractivity contribution in [3.63, 3.8) is 0 Å². The topological polar surface area (TPSA) is 60.5 Å². The Balaban J connectivity index is 1.79. The third-order valence-corrected chi connectivity index (χ3v) is 2.85. The smallest absolute Gasteiger partial charge is 0.263 e. The van der Waals surface area contributed by atoms with Gasteiger partial charge in [-0.25, -0.2) is 4.98 Å². The highest BCUT2D eigenvalue weighted by Gasteiger charge is 2.04. The molecule has 0 radical (unpaired) electrons. The van der Waals surface area contributed by atoms with Gasteiger partial charge in [-0.05, 0) is 49.2 Å². The molecule has 116 valence electrons. The number of nitrogens with zero attached hydrogens (tertiary/aromatic N) is 1. The van der Waals surface area contributed by atoms with Crippen LogP contribution in [0.4, 0.5) is 5.82 Å². The van der Waals surface area contributed by atoms with E-state index in [0.29, 0.717) is 18.2 Å². The van der Waals surface area contributed by atoms with E-state index in [9.17, 15) is 4.79 Å². The van der Waals surface area contributed by atoms with Gasteiger partial charge in [-0.2, -0.15) is 0 Å². The molecule has 5 nitrogen and oxygen atoms in total. The Bertz CT molecular complexity index is 594. The van der Waals surface area contributed by atoms with Crippen LogP contribution in [0.15, 0.2) is 42.6 Å². The predicted octanol–water partition coefficient (Wildman–Crippen LogP) is 3.20. The molecule has 1 aromatic carbocycles. The molecule has 0 aliphatic heterocycles. The van der Waals surface area contributed by atoms with Crippen molar-refractivity contribution in [3.05, 3.63) is 48.2 Å². The van der Waals surface area contributed by atoms with E-state index in [1.165, 1.54) is 0 Å². The molecule has 0 saturated heterocycles. The number of anilines is 1. The van der Waals surface area contributed by atoms with Crippen LogP contribution < -0.4 is 14.8 Å². The van der Waals surface area contributed by atoms with Gasteiger partial charge in [0.15, 0.2) is 6.61 Å². The second kappa shape index (κ2) is 8.02. The lowest BCUT2D eigenvalue weighted by atomic mass is 10.3. The van der Waals surface area contributed by atoms with Crippen molar-refractivity contribution < 1.29 is 14.3 Å². The van der Waals surface area contributed by atoms with Crippen molar-refractivity contribution >= 4 is 11.7 Å². The second-order valence-electron chi connectivity index (χ2n) is 4.88. The molecule has 0 unspecified atom stereocenters. The van der Waals surface area contributed by atoms with Crippen LogP contribution in [0.25, 0.3) is 0 Å². The monoisotopic (exact) mass is 300 g/mol. The third-order valence-electron chi connectivity index (χ3n) is 2.85. The number of pyridine rings is 1. The van der Waals surface area contributed by atoms with E-state index < -0.39 is 0 Å². The van der Waals surface area contributed by atoms with Gasteiger partial charge in [-0.1, -0.05) is 13.0 Å². The molecule has 1 aromatic heterocycles. The Morgan fingerprint density at radius 1 is 1.09 bits per heavy atom. The highest BCUT2D eigenvalue weighted by molar-refractivity contribution is 5.90. The van der Waals surface area contributed by atoms with Crippen LogP contribution in [-0.2, 0) is 4.79 Å². The molecule has 1 heterocycles. The van der Waals surface area contributed by atoms with Gasteiger partial charge in [-0.3, -0.25) is 4.79 Å². The van der Waals surface area contributed by atoms with Gasteiger partial charge in [0.1, 0.15) is 17.3 Å². The number of ether oxygens (including phenoxy) is 2. The Kier molecular flexibility index (Phi) is 5.77. The maximum Gasteiger partial charge on any atom is 0.263 e. The summed E-state index contributed by atoms with van der Waals surface area (Å²) in [6, 6.07) is 10.9. The summed E-state index contributed by atoms with van der Waals surface area (Å²) in [6.07, 6.45) is 2.66. The zero-order chi connectivity index (χ0) is 15.8. The highest BCUT2D eigenvalue weighted by atomic mass is 16.5. The molecule has 0 atom stereocenters. The van der Waals surface area contributed by atoms with E-state index in [1.807, 2.05) is 25.1 Å². The largest absolute Gasteiger partial charge is 0.494 e. The van der Waals surface area contributed by atoms with Crippen LogP contribution in [0.3, 0.4) is 0 Å². The zero-order valence-corrected chi connectivity index (χ0v) is 12.8. The minimum Gasteiger partial charge on any atom is -0.494 e. The lowest BCUT2D eigenvalue weighted by Gasteiger charge is -2.08. The van der Waals surface area contributed by atoms with E-state index in [1.54, 1.807) is 24.4 Å². The first-order chi connectivity index (χ1) is 10.7. The molecule has 0 saturated carbocycles. The first-order valence-corrected chi connectivity index (χ1v) is 7.25. The summed E-state index contributed by atoms with van der Waals surface area (Å²) in [7, 11) is 0. The number of rotatable bonds is 7. The summed E-state index contributed by atoms with van der Waals surface area (Å²) < 4.78 is 10.9. The van der Waals surface area contributed by atoms with Crippen molar-refractivity contribution in [2.75, 3.05) is 18.5 Å². The highest BCUT2D eigenvalue weighted by Crippen LogP contribution is 2.17. The quantitative estimate of drug-likeness (QED) is 0.853. The SMILES string of the molecule is CCCOc1ccc(OCC(=O)Nc2ccc(C)cn2)cc1. The van der Waals surface area contributed by atoms with Gasteiger partial charge in [0.25, 0.3) is 5.91 Å². The fraction of sp³-hybridized carbons (Fsp3) is 0.294. The average Bonchev–Trinajstić information content (AvgIpc) is 2.54. The standard InChI is InChI=1S/C17H20N2O3/c1-3-10-21-14-5-7-15(8-6-14)22-12-17(20)19-16-9-4-13(2)11-18-16/h4-9,11H,3,10,12H2,1-2H3,(H,18,19,20). The molecule has 0 fully saturated rings. The maximum absolute atomic E-state index is 11.8. The van der Waals surface area contributed by atoms with Crippen LogP contribution in [0.1, 0.15) is 18.9 Å². The third kappa shape index (κ3) is 5.09. The molecule has 2 rings (SSSR count). The van der Waals surface area contributed by atoms with Crippen LogP contribution >= 0.6 is 0 Å². The summed E-state index contributed by atoms with van der Waals surface area (Å²) in [5.74, 6) is 1.68. The Labute approximate surface area is 130 Å². The number of nitrogens with one attached hydrogen (secondary N) is 1. The van der Waals surface area contributed by atoms with Gasteiger partial charge < -0.3 is 14.8 Å². The maximum atomic E-state index is 11.8. The van der Waals surface area contributed by atoms with E-state index in [4.69, 9.17) is 9.47 Å². The number of aryl methyl sites for hydroxylation is 1. The van der Waals surface area contributed by atoms with Crippen molar-refractivity contribution in [1.29, 1.82) is 0 Å². The van der Waals surface area contributed by atoms with Gasteiger partial charge in [0.2, 0.25) is 0 Å². The minimum absolute atomic E-state index is 0.0648. The summed E-state index contributed by atoms with van der Waals surface area (Å²) in [6.45, 7) is 4.62. The van der Waals surface area contributed by atoms with E-state index in [0.717, 1.165) is 17.7 Å². The first kappa shape index (κ1) is 15.8. The first-order valence-electron chi connectivity index (χ1n) is 7.25. The molecule has 22 heavy (non-hydrogen) atoms. The van der Waals surface area contributed by atoms with Crippen molar-refractivity contribution in [2.24, 2.45) is 0 Å². The Morgan fingerprint density at radius 3 is 2.36 bits per heavy atom. The van der Waals surface area contributed by atoms with Gasteiger partial charge in [0, 0.05) is 6.20 Å². The number of aromatic nitrogens is 1. The summed E-state index contributed by atoms with van der Waals surface area (Å²) in [5, 5.41) is 2.68. The van der Waals surface area contributed by atoms with Crippen molar-refractivity contribution in [2.45, 2.75) is 20.3 Å². The van der Waals surface area contributed by atoms with E-state index in [2.05, 4.69) is 17.2 Å². The minimum atomic E-state index is -0.248. The number of hydrogen-bond donors (Lipinski definition) is 1. The molecule has 0 aliphatic carbocycles. The van der Waals surface area contributed by atoms with E-state index >= 15 is 0 Å². The van der Waals surface area contributed by atoms with E-state index in [-0.39, 0.29) is 12.5 Å². The van der Waals surface area contributed by atoms with Gasteiger partial charge in [-0.15, -0.1) is 0 Å². The van der Waals surface area contributed by atoms with Crippen molar-refractivity contribution in [3.8, 4) is 11.5 Å². The molecule has 5 heteroatoms. The van der Waals surface area contributed by atoms with Crippen LogP contribution in [0.2, 0.25) is 0 Å². The fourth-order valence-corrected chi connectivity index (χ4v) is 1.72. The van der Waals surface area contributed by atoms with Gasteiger partial charge >= 0.3 is 0 Å². The van der Waals surface area contributed by atoms with Crippen LogP contribution in [0.5, 0.6) is 11.5 Å². The molecule has 1 amide bonds. The molecular formula is C17H20N2O3. The van der Waals surface area contributed by atoms with Crippen molar-refractivity contribution in [1.82, 2.24) is 4.98 Å². The van der Waals surface area contributed by atoms with Crippen LogP contribution in [0, 0.1) is 6.92 Å². The Morgan fingerprint density at radius 2 is 1.77 bits per heavy atom. The molecule has 0 spiro atoms. The number of benzene rings is 1. The number of amides is 1. The Hall–Kier alpha value is -2.56. The fourth-order valence-electron chi connectivity index (χ4n) is 1.72. The molecule has 0 bridgehead atoms. The summed E-state index contributed by atoms with van der Waals surface area (Å²) in [5.41, 5.74) is 1.04. The lowest BCUT2D eigenvalue weighted by molar-refractivity contribution is -0.118. The summed E-state index contributed by atoms with van der Waals surface area (Å²) in [4.78, 5) is 15.9. The number of carbonyl (C=O) groups excluding carboxylic acids is 1. The average molecular weight is 300 g/mol. The lowest BCUT2D eigenvalue weighted by Crippen LogP contribution is -2.20. The predicted molar refractivity (Wildman–Crippen MR) is 85.3 cm³/mol. The van der Waals surface area contributed by atoms with Crippen LogP contribution in [-0.4, -0.2) is 24.1 Å². The second-order valence-corrected chi connectivity index (χ2v) is 4.88. The normalized spacial score (nSPS) is 10.1. The molecule has 0 aliphatic rings. The summed E-state index contributed by atoms with van der Waals surface area (Å²) >= 11 is 0. The number of hydrogen-bond acceptors (Lipinski definition) is 4. The molecular weight excluding hydrogens is 280 g/mol. The van der Waals surface area contributed by atoms with Gasteiger partial charge in [0.05, 0.1) is 6.61 Å². The molecule has 2 aromatic rings. The zero-order valence-electron chi connectivity index (χ0n) is 12.8.